The van der Waals surface area contributed by atoms with Crippen molar-refractivity contribution in [3.05, 3.63) is 48.1 Å². The molecule has 1 unspecified atom stereocenters. The average molecular weight is 302 g/mol. The van der Waals surface area contributed by atoms with Crippen molar-refractivity contribution in [3.63, 3.8) is 0 Å². The van der Waals surface area contributed by atoms with Crippen molar-refractivity contribution in [2.24, 2.45) is 0 Å². The zero-order chi connectivity index (χ0) is 14.8. The lowest BCUT2D eigenvalue weighted by Crippen LogP contribution is -2.06. The van der Waals surface area contributed by atoms with E-state index in [1.807, 2.05) is 37.3 Å². The Morgan fingerprint density at radius 1 is 1.29 bits per heavy atom. The predicted octanol–water partition coefficient (Wildman–Crippen LogP) is 2.03. The highest BCUT2D eigenvalue weighted by atomic mass is 32.2. The first-order valence-corrected chi connectivity index (χ1v) is 7.94. The van der Waals surface area contributed by atoms with Crippen LogP contribution >= 0.6 is 0 Å². The fourth-order valence-electron chi connectivity index (χ4n) is 2.02. The van der Waals surface area contributed by atoms with E-state index >= 15 is 0 Å². The zero-order valence-electron chi connectivity index (χ0n) is 11.7. The summed E-state index contributed by atoms with van der Waals surface area (Å²) >= 11 is 0. The maximum absolute atomic E-state index is 11.6. The molecule has 0 radical (unpaired) electrons. The molecule has 6 nitrogen and oxygen atoms in total. The van der Waals surface area contributed by atoms with E-state index in [-0.39, 0.29) is 0 Å². The molecule has 7 heteroatoms. The Bertz CT molecular complexity index is 779. The lowest BCUT2D eigenvalue weighted by atomic mass is 10.2. The van der Waals surface area contributed by atoms with Crippen molar-refractivity contribution >= 4 is 10.8 Å². The molecular weight excluding hydrogens is 288 g/mol. The summed E-state index contributed by atoms with van der Waals surface area (Å²) in [6.45, 7) is 2.30. The summed E-state index contributed by atoms with van der Waals surface area (Å²) in [5.74, 6) is 1.31. The standard InChI is InChI=1S/C14H14N4O2S/c1-10-12(8-18-9-15-17-14(18)21(2)19)16-13(20-10)11-6-4-3-5-7-11/h3-7,9H,8H2,1-2H3. The minimum Gasteiger partial charge on any atom is -0.441 e. The Labute approximate surface area is 124 Å². The summed E-state index contributed by atoms with van der Waals surface area (Å²) in [6.07, 6.45) is 3.12. The van der Waals surface area contributed by atoms with Crippen LogP contribution in [-0.2, 0) is 17.3 Å². The first-order chi connectivity index (χ1) is 10.1. The number of hydrogen-bond acceptors (Lipinski definition) is 5. The van der Waals surface area contributed by atoms with Crippen molar-refractivity contribution in [1.82, 2.24) is 19.7 Å². The van der Waals surface area contributed by atoms with Gasteiger partial charge in [-0.3, -0.25) is 4.21 Å². The van der Waals surface area contributed by atoms with Gasteiger partial charge in [0.1, 0.15) is 17.8 Å². The molecule has 3 rings (SSSR count). The van der Waals surface area contributed by atoms with Crippen LogP contribution in [0.5, 0.6) is 0 Å². The molecule has 0 aliphatic heterocycles. The fraction of sp³-hybridized carbons (Fsp3) is 0.214. The number of benzene rings is 1. The summed E-state index contributed by atoms with van der Waals surface area (Å²) in [5.41, 5.74) is 1.70. The molecule has 0 saturated carbocycles. The molecular formula is C14H14N4O2S. The van der Waals surface area contributed by atoms with Gasteiger partial charge in [0.25, 0.3) is 0 Å². The Morgan fingerprint density at radius 2 is 2.05 bits per heavy atom. The van der Waals surface area contributed by atoms with E-state index in [0.29, 0.717) is 17.6 Å². The third kappa shape index (κ3) is 2.78. The van der Waals surface area contributed by atoms with Crippen LogP contribution in [0.4, 0.5) is 0 Å². The molecule has 21 heavy (non-hydrogen) atoms. The largest absolute Gasteiger partial charge is 0.441 e. The summed E-state index contributed by atoms with van der Waals surface area (Å²) in [5, 5.41) is 8.09. The maximum Gasteiger partial charge on any atom is 0.226 e. The smallest absolute Gasteiger partial charge is 0.226 e. The molecule has 2 aromatic heterocycles. The van der Waals surface area contributed by atoms with Gasteiger partial charge in [-0.25, -0.2) is 4.98 Å². The van der Waals surface area contributed by atoms with Gasteiger partial charge in [-0.05, 0) is 19.1 Å². The van der Waals surface area contributed by atoms with Crippen molar-refractivity contribution in [3.8, 4) is 11.5 Å². The third-order valence-electron chi connectivity index (χ3n) is 3.07. The zero-order valence-corrected chi connectivity index (χ0v) is 12.5. The highest BCUT2D eigenvalue weighted by Gasteiger charge is 2.15. The summed E-state index contributed by atoms with van der Waals surface area (Å²) in [4.78, 5) is 4.51. The third-order valence-corrected chi connectivity index (χ3v) is 3.90. The SMILES string of the molecule is Cc1oc(-c2ccccc2)nc1Cn1cnnc1S(C)=O. The molecule has 0 spiro atoms. The summed E-state index contributed by atoms with van der Waals surface area (Å²) in [6, 6.07) is 9.71. The molecule has 0 fully saturated rings. The van der Waals surface area contributed by atoms with Crippen LogP contribution in [0.25, 0.3) is 11.5 Å². The Hall–Kier alpha value is -2.28. The van der Waals surface area contributed by atoms with Crippen molar-refractivity contribution in [1.29, 1.82) is 0 Å². The number of aromatic nitrogens is 4. The van der Waals surface area contributed by atoms with Crippen LogP contribution in [0.1, 0.15) is 11.5 Å². The predicted molar refractivity (Wildman–Crippen MR) is 78.1 cm³/mol. The molecule has 0 N–H and O–H groups in total. The molecule has 2 heterocycles. The quantitative estimate of drug-likeness (QED) is 0.737. The van der Waals surface area contributed by atoms with Crippen LogP contribution in [-0.4, -0.2) is 30.2 Å². The second-order valence-corrected chi connectivity index (χ2v) is 5.86. The second-order valence-electron chi connectivity index (χ2n) is 4.58. The van der Waals surface area contributed by atoms with E-state index in [1.165, 1.54) is 0 Å². The molecule has 0 saturated heterocycles. The number of hydrogen-bond donors (Lipinski definition) is 0. The van der Waals surface area contributed by atoms with Gasteiger partial charge in [-0.2, -0.15) is 0 Å². The normalized spacial score (nSPS) is 12.5. The Balaban J connectivity index is 1.92. The first kappa shape index (κ1) is 13.7. The number of aryl methyl sites for hydroxylation is 1. The highest BCUT2D eigenvalue weighted by molar-refractivity contribution is 7.84. The number of nitrogens with zero attached hydrogens (tertiary/aromatic N) is 4. The van der Waals surface area contributed by atoms with Crippen molar-refractivity contribution in [2.75, 3.05) is 6.26 Å². The maximum atomic E-state index is 11.6. The molecule has 0 aliphatic rings. The van der Waals surface area contributed by atoms with Crippen LogP contribution in [0.2, 0.25) is 0 Å². The Kier molecular flexibility index (Phi) is 3.66. The van der Waals surface area contributed by atoms with Crippen LogP contribution in [0.15, 0.2) is 46.2 Å². The topological polar surface area (TPSA) is 73.8 Å². The monoisotopic (exact) mass is 302 g/mol. The van der Waals surface area contributed by atoms with Crippen LogP contribution in [0, 0.1) is 6.92 Å². The van der Waals surface area contributed by atoms with E-state index in [1.54, 1.807) is 17.2 Å². The summed E-state index contributed by atoms with van der Waals surface area (Å²) < 4.78 is 19.0. The molecule has 0 bridgehead atoms. The fourth-order valence-corrected chi connectivity index (χ4v) is 2.62. The molecule has 3 aromatic rings. The van der Waals surface area contributed by atoms with Gasteiger partial charge < -0.3 is 8.98 Å². The molecule has 0 amide bonds. The van der Waals surface area contributed by atoms with E-state index in [0.717, 1.165) is 17.0 Å². The molecule has 108 valence electrons. The average Bonchev–Trinajstić information content (AvgIpc) is 3.08. The van der Waals surface area contributed by atoms with E-state index < -0.39 is 10.8 Å². The van der Waals surface area contributed by atoms with Crippen LogP contribution in [0.3, 0.4) is 0 Å². The lowest BCUT2D eigenvalue weighted by molar-refractivity contribution is 0.536. The van der Waals surface area contributed by atoms with Crippen molar-refractivity contribution in [2.45, 2.75) is 18.6 Å². The van der Waals surface area contributed by atoms with E-state index in [9.17, 15) is 4.21 Å². The Morgan fingerprint density at radius 3 is 2.76 bits per heavy atom. The van der Waals surface area contributed by atoms with E-state index in [4.69, 9.17) is 4.42 Å². The second kappa shape index (κ2) is 5.61. The number of oxazole rings is 1. The molecule has 0 aliphatic carbocycles. The molecule has 1 atom stereocenters. The van der Waals surface area contributed by atoms with Gasteiger partial charge in [-0.1, -0.05) is 18.2 Å². The highest BCUT2D eigenvalue weighted by Crippen LogP contribution is 2.22. The lowest BCUT2D eigenvalue weighted by Gasteiger charge is -2.01. The van der Waals surface area contributed by atoms with Gasteiger partial charge in [0, 0.05) is 11.8 Å². The van der Waals surface area contributed by atoms with Gasteiger partial charge >= 0.3 is 0 Å². The van der Waals surface area contributed by atoms with Gasteiger partial charge in [-0.15, -0.1) is 10.2 Å². The minimum absolute atomic E-state index is 0.429. The van der Waals surface area contributed by atoms with Gasteiger partial charge in [0.2, 0.25) is 11.0 Å². The first-order valence-electron chi connectivity index (χ1n) is 6.38. The minimum atomic E-state index is -1.19. The van der Waals surface area contributed by atoms with Crippen molar-refractivity contribution < 1.29 is 8.63 Å². The molecule has 1 aromatic carbocycles. The summed E-state index contributed by atoms with van der Waals surface area (Å²) in [7, 11) is -1.19. The van der Waals surface area contributed by atoms with Gasteiger partial charge in [0.15, 0.2) is 0 Å². The van der Waals surface area contributed by atoms with E-state index in [2.05, 4.69) is 15.2 Å². The van der Waals surface area contributed by atoms with Crippen LogP contribution < -0.4 is 0 Å². The van der Waals surface area contributed by atoms with Gasteiger partial charge in [0.05, 0.1) is 17.3 Å². The number of rotatable bonds is 4.